The van der Waals surface area contributed by atoms with Gasteiger partial charge in [-0.1, -0.05) is 10.6 Å². The molecule has 1 amide bonds. The van der Waals surface area contributed by atoms with E-state index in [2.05, 4.69) is 14.5 Å². The van der Waals surface area contributed by atoms with Gasteiger partial charge in [0.2, 0.25) is 0 Å². The zero-order valence-corrected chi connectivity index (χ0v) is 15.2. The molecule has 1 saturated heterocycles. The summed E-state index contributed by atoms with van der Waals surface area (Å²) in [5.41, 5.74) is 0.700. The van der Waals surface area contributed by atoms with Crippen LogP contribution in [0.25, 0.3) is 0 Å². The average Bonchev–Trinajstić information content (AvgIpc) is 3.18. The number of aliphatic hydroxyl groups is 1. The molecule has 126 valence electrons. The molecule has 0 bridgehead atoms. The van der Waals surface area contributed by atoms with E-state index in [1.54, 1.807) is 11.3 Å². The Kier molecular flexibility index (Phi) is 6.49. The van der Waals surface area contributed by atoms with Crippen molar-refractivity contribution in [3.8, 4) is 0 Å². The van der Waals surface area contributed by atoms with Crippen LogP contribution in [0.4, 0.5) is 0 Å². The first kappa shape index (κ1) is 18.3. The monoisotopic (exact) mass is 374 g/mol. The molecule has 2 aromatic rings. The molecule has 0 aromatic carbocycles. The van der Waals surface area contributed by atoms with Crippen molar-refractivity contribution in [2.75, 3.05) is 32.7 Å². The van der Waals surface area contributed by atoms with E-state index in [0.717, 1.165) is 29.5 Å². The number of halogens is 1. The van der Waals surface area contributed by atoms with Crippen LogP contribution in [0.15, 0.2) is 17.5 Å². The summed E-state index contributed by atoms with van der Waals surface area (Å²) in [6, 6.07) is 3.90. The lowest BCUT2D eigenvalue weighted by Crippen LogP contribution is -2.49. The lowest BCUT2D eigenvalue weighted by atomic mass is 10.2. The summed E-state index contributed by atoms with van der Waals surface area (Å²) in [6.45, 7) is 5.33. The van der Waals surface area contributed by atoms with Crippen LogP contribution in [-0.4, -0.2) is 63.1 Å². The van der Waals surface area contributed by atoms with Crippen LogP contribution in [0.3, 0.4) is 0 Å². The fourth-order valence-corrected chi connectivity index (χ4v) is 3.85. The Morgan fingerprint density at radius 1 is 1.39 bits per heavy atom. The summed E-state index contributed by atoms with van der Waals surface area (Å²) in [5.74, 6) is 0.0194. The molecule has 1 unspecified atom stereocenters. The van der Waals surface area contributed by atoms with Gasteiger partial charge in [-0.25, -0.2) is 0 Å². The Hall–Kier alpha value is -1.06. The van der Waals surface area contributed by atoms with E-state index in [1.165, 1.54) is 0 Å². The van der Waals surface area contributed by atoms with Crippen molar-refractivity contribution in [1.82, 2.24) is 19.4 Å². The minimum atomic E-state index is -0.449. The molecule has 1 atom stereocenters. The fourth-order valence-electron chi connectivity index (χ4n) is 2.52. The third kappa shape index (κ3) is 4.27. The molecule has 1 fully saturated rings. The molecular weight excluding hydrogens is 356 g/mol. The number of carbonyl (C=O) groups excluding carboxylic acids is 1. The molecule has 23 heavy (non-hydrogen) atoms. The Bertz CT molecular complexity index is 627. The lowest BCUT2D eigenvalue weighted by Gasteiger charge is -2.35. The fraction of sp³-hybridized carbons (Fsp3) is 0.500. The predicted molar refractivity (Wildman–Crippen MR) is 93.5 cm³/mol. The molecule has 3 rings (SSSR count). The number of aryl methyl sites for hydroxylation is 1. The number of β-amino-alcohol motifs (C(OH)–C–C–N with tert-alkyl or cyclic N) is 1. The maximum Gasteiger partial charge on any atom is 0.267 e. The highest BCUT2D eigenvalue weighted by atomic mass is 35.5. The molecule has 3 heterocycles. The van der Waals surface area contributed by atoms with Crippen LogP contribution in [0.5, 0.6) is 0 Å². The Morgan fingerprint density at radius 2 is 2.13 bits per heavy atom. The van der Waals surface area contributed by atoms with Gasteiger partial charge in [0.1, 0.15) is 11.0 Å². The van der Waals surface area contributed by atoms with Crippen LogP contribution in [0, 0.1) is 6.92 Å². The topological polar surface area (TPSA) is 69.6 Å². The Balaban J connectivity index is 0.00000192. The highest BCUT2D eigenvalue weighted by molar-refractivity contribution is 7.10. The second-order valence-corrected chi connectivity index (χ2v) is 7.04. The number of thiophene rings is 1. The summed E-state index contributed by atoms with van der Waals surface area (Å²) in [6.07, 6.45) is -0.449. The van der Waals surface area contributed by atoms with E-state index in [9.17, 15) is 9.90 Å². The Morgan fingerprint density at radius 3 is 2.70 bits per heavy atom. The number of aromatic nitrogens is 2. The molecule has 1 aliphatic rings. The van der Waals surface area contributed by atoms with Gasteiger partial charge >= 0.3 is 0 Å². The SMILES string of the molecule is Cc1nnsc1C(=O)N1CCN(CC(O)c2cccs2)CC1.Cl. The minimum Gasteiger partial charge on any atom is -0.386 e. The van der Waals surface area contributed by atoms with E-state index in [1.807, 2.05) is 29.3 Å². The zero-order chi connectivity index (χ0) is 15.5. The molecule has 0 aliphatic carbocycles. The number of amides is 1. The maximum atomic E-state index is 12.4. The first-order chi connectivity index (χ1) is 10.6. The van der Waals surface area contributed by atoms with Gasteiger partial charge in [0.15, 0.2) is 0 Å². The van der Waals surface area contributed by atoms with E-state index in [-0.39, 0.29) is 18.3 Å². The highest BCUT2D eigenvalue weighted by Gasteiger charge is 2.26. The standard InChI is InChI=1S/C14H18N4O2S2.ClH/c1-10-13(22-16-15-10)14(20)18-6-4-17(5-7-18)9-11(19)12-3-2-8-21-12;/h2-3,8,11,19H,4-7,9H2,1H3;1H. The van der Waals surface area contributed by atoms with Gasteiger partial charge in [-0.2, -0.15) is 0 Å². The number of hydrogen-bond acceptors (Lipinski definition) is 7. The molecule has 9 heteroatoms. The molecule has 2 aromatic heterocycles. The summed E-state index contributed by atoms with van der Waals surface area (Å²) >= 11 is 2.73. The van der Waals surface area contributed by atoms with Gasteiger partial charge in [-0.3, -0.25) is 9.69 Å². The smallest absolute Gasteiger partial charge is 0.267 e. The average molecular weight is 375 g/mol. The zero-order valence-electron chi connectivity index (χ0n) is 12.7. The number of hydrogen-bond donors (Lipinski definition) is 1. The predicted octanol–water partition coefficient (Wildman–Crippen LogP) is 1.82. The van der Waals surface area contributed by atoms with Gasteiger partial charge in [-0.15, -0.1) is 28.8 Å². The van der Waals surface area contributed by atoms with Gasteiger partial charge in [0.25, 0.3) is 5.91 Å². The number of nitrogens with zero attached hydrogens (tertiary/aromatic N) is 4. The van der Waals surface area contributed by atoms with E-state index in [4.69, 9.17) is 0 Å². The lowest BCUT2D eigenvalue weighted by molar-refractivity contribution is 0.0536. The number of carbonyl (C=O) groups is 1. The van der Waals surface area contributed by atoms with Crippen molar-refractivity contribution < 1.29 is 9.90 Å². The maximum absolute atomic E-state index is 12.4. The van der Waals surface area contributed by atoms with Crippen molar-refractivity contribution in [1.29, 1.82) is 0 Å². The summed E-state index contributed by atoms with van der Waals surface area (Å²) in [7, 11) is 0. The molecule has 0 saturated carbocycles. The normalized spacial score (nSPS) is 16.9. The molecule has 1 aliphatic heterocycles. The van der Waals surface area contributed by atoms with Crippen molar-refractivity contribution in [2.45, 2.75) is 13.0 Å². The largest absolute Gasteiger partial charge is 0.386 e. The van der Waals surface area contributed by atoms with E-state index >= 15 is 0 Å². The number of piperazine rings is 1. The quantitative estimate of drug-likeness (QED) is 0.884. The van der Waals surface area contributed by atoms with Crippen LogP contribution >= 0.6 is 35.3 Å². The first-order valence-electron chi connectivity index (χ1n) is 7.17. The summed E-state index contributed by atoms with van der Waals surface area (Å²) < 4.78 is 3.82. The molecule has 0 radical (unpaired) electrons. The van der Waals surface area contributed by atoms with Crippen molar-refractivity contribution >= 4 is 41.2 Å². The minimum absolute atomic E-state index is 0. The Labute approximate surface area is 149 Å². The van der Waals surface area contributed by atoms with Gasteiger partial charge in [-0.05, 0) is 29.9 Å². The third-order valence-electron chi connectivity index (χ3n) is 3.81. The van der Waals surface area contributed by atoms with Gasteiger partial charge < -0.3 is 10.0 Å². The van der Waals surface area contributed by atoms with Crippen molar-refractivity contribution in [3.63, 3.8) is 0 Å². The second-order valence-electron chi connectivity index (χ2n) is 5.31. The third-order valence-corrected chi connectivity index (χ3v) is 5.60. The molecular formula is C14H19ClN4O2S2. The summed E-state index contributed by atoms with van der Waals surface area (Å²) in [4.78, 5) is 18.1. The van der Waals surface area contributed by atoms with Crippen molar-refractivity contribution in [2.24, 2.45) is 0 Å². The van der Waals surface area contributed by atoms with Gasteiger partial charge in [0, 0.05) is 37.6 Å². The second kappa shape index (κ2) is 8.16. The molecule has 6 nitrogen and oxygen atoms in total. The number of rotatable bonds is 4. The number of aliphatic hydroxyl groups excluding tert-OH is 1. The van der Waals surface area contributed by atoms with Crippen LogP contribution in [0.1, 0.15) is 26.3 Å². The molecule has 0 spiro atoms. The van der Waals surface area contributed by atoms with Crippen molar-refractivity contribution in [3.05, 3.63) is 33.0 Å². The van der Waals surface area contributed by atoms with E-state index in [0.29, 0.717) is 30.2 Å². The summed E-state index contributed by atoms with van der Waals surface area (Å²) in [5, 5.41) is 16.1. The van der Waals surface area contributed by atoms with Crippen LogP contribution < -0.4 is 0 Å². The van der Waals surface area contributed by atoms with Gasteiger partial charge in [0.05, 0.1) is 5.69 Å². The van der Waals surface area contributed by atoms with Crippen LogP contribution in [-0.2, 0) is 0 Å². The first-order valence-corrected chi connectivity index (χ1v) is 8.82. The van der Waals surface area contributed by atoms with E-state index < -0.39 is 6.10 Å². The molecule has 1 N–H and O–H groups in total. The highest BCUT2D eigenvalue weighted by Crippen LogP contribution is 2.21. The van der Waals surface area contributed by atoms with Crippen LogP contribution in [0.2, 0.25) is 0 Å².